The molecule has 24 heavy (non-hydrogen) atoms. The summed E-state index contributed by atoms with van der Waals surface area (Å²) in [6.45, 7) is 0. The first kappa shape index (κ1) is 14.7. The van der Waals surface area contributed by atoms with Gasteiger partial charge in [-0.15, -0.1) is 0 Å². The summed E-state index contributed by atoms with van der Waals surface area (Å²) in [5.41, 5.74) is 1.93. The number of hydrogen-bond acceptors (Lipinski definition) is 3. The van der Waals surface area contributed by atoms with Gasteiger partial charge in [-0.3, -0.25) is 0 Å². The van der Waals surface area contributed by atoms with Crippen LogP contribution in [0.4, 0.5) is 0 Å². The number of halogens is 1. The van der Waals surface area contributed by atoms with Crippen molar-refractivity contribution in [1.29, 1.82) is 0 Å². The summed E-state index contributed by atoms with van der Waals surface area (Å²) in [7, 11) is 0. The van der Waals surface area contributed by atoms with E-state index in [2.05, 4.69) is 4.98 Å². The number of aromatic carboxylic acids is 1. The summed E-state index contributed by atoms with van der Waals surface area (Å²) in [6.07, 6.45) is 0. The van der Waals surface area contributed by atoms with E-state index >= 15 is 0 Å². The van der Waals surface area contributed by atoms with Crippen LogP contribution in [0.15, 0.2) is 66.7 Å². The second kappa shape index (κ2) is 5.62. The molecule has 0 unspecified atom stereocenters. The lowest BCUT2D eigenvalue weighted by Gasteiger charge is -2.13. The van der Waals surface area contributed by atoms with Crippen LogP contribution in [0.2, 0.25) is 5.02 Å². The zero-order valence-electron chi connectivity index (χ0n) is 12.5. The van der Waals surface area contributed by atoms with Crippen LogP contribution in [-0.4, -0.2) is 11.0 Å². The predicted octanol–water partition coefficient (Wildman–Crippen LogP) is 4.07. The number of benzene rings is 3. The van der Waals surface area contributed by atoms with E-state index < -0.39 is 5.97 Å². The Kier molecular flexibility index (Phi) is 3.44. The molecule has 4 heteroatoms. The van der Waals surface area contributed by atoms with Crippen molar-refractivity contribution in [3.8, 4) is 11.3 Å². The number of rotatable bonds is 2. The van der Waals surface area contributed by atoms with Gasteiger partial charge in [0.05, 0.1) is 17.2 Å². The Morgan fingerprint density at radius 3 is 2.50 bits per heavy atom. The fraction of sp³-hybridized carbons (Fsp3) is 0. The molecule has 0 aliphatic heterocycles. The van der Waals surface area contributed by atoms with Crippen LogP contribution in [0.25, 0.3) is 32.9 Å². The van der Waals surface area contributed by atoms with Gasteiger partial charge in [0.25, 0.3) is 0 Å². The van der Waals surface area contributed by atoms with E-state index in [-0.39, 0.29) is 5.56 Å². The molecule has 1 aromatic heterocycles. The summed E-state index contributed by atoms with van der Waals surface area (Å²) >= 11 is 6.23. The van der Waals surface area contributed by atoms with Crippen molar-refractivity contribution in [2.75, 3.05) is 0 Å². The molecule has 0 N–H and O–H groups in total. The molecule has 0 saturated carbocycles. The van der Waals surface area contributed by atoms with Crippen molar-refractivity contribution >= 4 is 39.2 Å². The normalized spacial score (nSPS) is 11.0. The number of carbonyl (C=O) groups excluding carboxylic acids is 1. The summed E-state index contributed by atoms with van der Waals surface area (Å²) in [5.74, 6) is -1.23. The molecule has 0 spiro atoms. The smallest absolute Gasteiger partial charge is 0.0731 e. The van der Waals surface area contributed by atoms with Gasteiger partial charge >= 0.3 is 0 Å². The highest BCUT2D eigenvalue weighted by molar-refractivity contribution is 6.33. The Balaban J connectivity index is 2.13. The first-order valence-corrected chi connectivity index (χ1v) is 7.82. The Labute approximate surface area is 143 Å². The minimum absolute atomic E-state index is 0.117. The molecule has 0 aliphatic carbocycles. The van der Waals surface area contributed by atoms with Gasteiger partial charge in [0.2, 0.25) is 0 Å². The molecule has 4 aromatic rings. The van der Waals surface area contributed by atoms with Crippen LogP contribution < -0.4 is 5.11 Å². The fourth-order valence-electron chi connectivity index (χ4n) is 2.98. The van der Waals surface area contributed by atoms with Gasteiger partial charge in [-0.1, -0.05) is 60.1 Å². The monoisotopic (exact) mass is 332 g/mol. The van der Waals surface area contributed by atoms with Gasteiger partial charge in [-0.05, 0) is 29.0 Å². The zero-order chi connectivity index (χ0) is 16.7. The fourth-order valence-corrected chi connectivity index (χ4v) is 3.21. The molecule has 4 rings (SSSR count). The van der Waals surface area contributed by atoms with E-state index in [0.717, 1.165) is 10.8 Å². The minimum Gasteiger partial charge on any atom is -0.545 e. The van der Waals surface area contributed by atoms with Crippen LogP contribution >= 0.6 is 11.6 Å². The number of fused-ring (bicyclic) bond motifs is 3. The van der Waals surface area contributed by atoms with E-state index in [4.69, 9.17) is 11.6 Å². The molecule has 116 valence electrons. The van der Waals surface area contributed by atoms with E-state index in [1.807, 2.05) is 54.6 Å². The summed E-state index contributed by atoms with van der Waals surface area (Å²) < 4.78 is 0. The Hall–Kier alpha value is -2.91. The minimum atomic E-state index is -1.23. The second-order valence-corrected chi connectivity index (χ2v) is 5.91. The van der Waals surface area contributed by atoms with Gasteiger partial charge < -0.3 is 9.90 Å². The van der Waals surface area contributed by atoms with Crippen LogP contribution in [0.3, 0.4) is 0 Å². The average molecular weight is 333 g/mol. The number of carbonyl (C=O) groups is 1. The van der Waals surface area contributed by atoms with Gasteiger partial charge in [0.15, 0.2) is 0 Å². The maximum absolute atomic E-state index is 11.8. The summed E-state index contributed by atoms with van der Waals surface area (Å²) in [5, 5.41) is 14.7. The van der Waals surface area contributed by atoms with Gasteiger partial charge in [-0.2, -0.15) is 0 Å². The molecular weight excluding hydrogens is 322 g/mol. The lowest BCUT2D eigenvalue weighted by atomic mass is 9.99. The van der Waals surface area contributed by atoms with Crippen molar-refractivity contribution in [2.45, 2.75) is 0 Å². The number of nitrogens with zero attached hydrogens (tertiary/aromatic N) is 1. The van der Waals surface area contributed by atoms with Crippen LogP contribution in [0, 0.1) is 0 Å². The molecule has 0 saturated heterocycles. The highest BCUT2D eigenvalue weighted by atomic mass is 35.5. The Morgan fingerprint density at radius 1 is 0.958 bits per heavy atom. The Bertz CT molecular complexity index is 1110. The standard InChI is InChI=1S/C20H12ClNO2/c21-16-8-4-3-7-14(16)18-11-15(20(23)24)19-13-6-2-1-5-12(13)9-10-17(19)22-18/h1-11H,(H,23,24)/p-1. The topological polar surface area (TPSA) is 53.0 Å². The maximum Gasteiger partial charge on any atom is 0.0731 e. The van der Waals surface area contributed by atoms with E-state index in [0.29, 0.717) is 27.2 Å². The second-order valence-electron chi connectivity index (χ2n) is 5.50. The van der Waals surface area contributed by atoms with Crippen molar-refractivity contribution in [1.82, 2.24) is 4.98 Å². The molecule has 0 fully saturated rings. The molecule has 3 aromatic carbocycles. The number of carboxylic acids is 1. The lowest BCUT2D eigenvalue weighted by molar-refractivity contribution is -0.254. The molecule has 0 radical (unpaired) electrons. The summed E-state index contributed by atoms with van der Waals surface area (Å²) in [6, 6.07) is 20.1. The van der Waals surface area contributed by atoms with Crippen molar-refractivity contribution in [3.05, 3.63) is 77.3 Å². The van der Waals surface area contributed by atoms with Crippen LogP contribution in [0.5, 0.6) is 0 Å². The molecular formula is C20H11ClNO2-. The maximum atomic E-state index is 11.8. The number of hydrogen-bond donors (Lipinski definition) is 0. The molecule has 0 aliphatic rings. The van der Waals surface area contributed by atoms with Gasteiger partial charge in [-0.25, -0.2) is 4.98 Å². The van der Waals surface area contributed by atoms with Crippen LogP contribution in [0.1, 0.15) is 10.4 Å². The molecule has 3 nitrogen and oxygen atoms in total. The molecule has 0 amide bonds. The molecule has 1 heterocycles. The van der Waals surface area contributed by atoms with Crippen molar-refractivity contribution in [3.63, 3.8) is 0 Å². The number of pyridine rings is 1. The molecule has 0 bridgehead atoms. The largest absolute Gasteiger partial charge is 0.545 e. The average Bonchev–Trinajstić information content (AvgIpc) is 2.61. The van der Waals surface area contributed by atoms with Crippen LogP contribution in [-0.2, 0) is 0 Å². The van der Waals surface area contributed by atoms with Crippen molar-refractivity contribution in [2.24, 2.45) is 0 Å². The van der Waals surface area contributed by atoms with Gasteiger partial charge in [0, 0.05) is 21.5 Å². The van der Waals surface area contributed by atoms with E-state index in [9.17, 15) is 9.90 Å². The molecule has 0 atom stereocenters. The third-order valence-electron chi connectivity index (χ3n) is 4.07. The first-order valence-electron chi connectivity index (χ1n) is 7.44. The van der Waals surface area contributed by atoms with Crippen molar-refractivity contribution < 1.29 is 9.90 Å². The van der Waals surface area contributed by atoms with E-state index in [1.54, 1.807) is 6.07 Å². The quantitative estimate of drug-likeness (QED) is 0.520. The zero-order valence-corrected chi connectivity index (χ0v) is 13.2. The number of carboxylic acid groups (broad SMARTS) is 1. The highest BCUT2D eigenvalue weighted by Crippen LogP contribution is 2.32. The van der Waals surface area contributed by atoms with E-state index in [1.165, 1.54) is 6.07 Å². The van der Waals surface area contributed by atoms with Gasteiger partial charge in [0.1, 0.15) is 0 Å². The third-order valence-corrected chi connectivity index (χ3v) is 4.40. The Morgan fingerprint density at radius 2 is 1.71 bits per heavy atom. The first-order chi connectivity index (χ1) is 11.6. The summed E-state index contributed by atoms with van der Waals surface area (Å²) in [4.78, 5) is 16.4. The lowest BCUT2D eigenvalue weighted by Crippen LogP contribution is -2.23. The predicted molar refractivity (Wildman–Crippen MR) is 94.0 cm³/mol. The number of aromatic nitrogens is 1. The highest BCUT2D eigenvalue weighted by Gasteiger charge is 2.12. The third kappa shape index (κ3) is 2.30. The SMILES string of the molecule is O=C([O-])c1cc(-c2ccccc2Cl)nc2ccc3ccccc3c12.